The number of halogens is 5. The number of anilines is 2. The van der Waals surface area contributed by atoms with E-state index in [1.54, 1.807) is 59.6 Å². The second-order valence-electron chi connectivity index (χ2n) is 12.8. The molecule has 3 amide bonds. The van der Waals surface area contributed by atoms with E-state index < -0.39 is 30.5 Å². The minimum Gasteiger partial charge on any atom is -0.491 e. The van der Waals surface area contributed by atoms with Gasteiger partial charge in [0.1, 0.15) is 47.0 Å². The van der Waals surface area contributed by atoms with E-state index in [-0.39, 0.29) is 36.7 Å². The third-order valence-electron chi connectivity index (χ3n) is 8.88. The Morgan fingerprint density at radius 3 is 2.59 bits per heavy atom. The summed E-state index contributed by atoms with van der Waals surface area (Å²) in [5, 5.41) is 10.4. The Labute approximate surface area is 332 Å². The highest BCUT2D eigenvalue weighted by atomic mass is 35.5. The quantitative estimate of drug-likeness (QED) is 0.129. The predicted octanol–water partition coefficient (Wildman–Crippen LogP) is 5.71. The number of benzene rings is 2. The van der Waals surface area contributed by atoms with Crippen LogP contribution in [0, 0.1) is 5.82 Å². The van der Waals surface area contributed by atoms with E-state index in [0.717, 1.165) is 21.8 Å². The Bertz CT molecular complexity index is 2230. The maximum absolute atomic E-state index is 13.3. The molecule has 3 aromatic heterocycles. The molecule has 7 rings (SSSR count). The van der Waals surface area contributed by atoms with Crippen molar-refractivity contribution in [1.82, 2.24) is 24.6 Å². The van der Waals surface area contributed by atoms with Crippen molar-refractivity contribution in [3.8, 4) is 28.4 Å². The zero-order chi connectivity index (χ0) is 40.3. The molecular weight excluding hydrogens is 798 g/mol. The molecule has 296 valence electrons. The first kappa shape index (κ1) is 40.4. The van der Waals surface area contributed by atoms with E-state index in [2.05, 4.69) is 20.7 Å². The van der Waals surface area contributed by atoms with Gasteiger partial charge in [-0.2, -0.15) is 5.10 Å². The molecule has 2 aliphatic heterocycles. The van der Waals surface area contributed by atoms with Gasteiger partial charge in [-0.1, -0.05) is 35.3 Å². The van der Waals surface area contributed by atoms with Crippen molar-refractivity contribution in [3.05, 3.63) is 86.5 Å². The van der Waals surface area contributed by atoms with E-state index >= 15 is 0 Å². The molecule has 0 spiro atoms. The Balaban J connectivity index is 0.000000190. The Morgan fingerprint density at radius 2 is 1.91 bits per heavy atom. The van der Waals surface area contributed by atoms with Crippen LogP contribution >= 0.6 is 34.5 Å². The number of thiophene rings is 1. The van der Waals surface area contributed by atoms with Gasteiger partial charge in [0, 0.05) is 43.1 Å². The number of hydrogen-bond acceptors (Lipinski definition) is 10. The molecule has 1 saturated heterocycles. The lowest BCUT2D eigenvalue weighted by Gasteiger charge is -2.17. The fraction of sp³-hybridized carbons (Fsp3) is 0.306. The molecule has 0 saturated carbocycles. The molecule has 3 atom stereocenters. The Morgan fingerprint density at radius 1 is 1.12 bits per heavy atom. The van der Waals surface area contributed by atoms with Crippen molar-refractivity contribution in [2.45, 2.75) is 44.4 Å². The molecule has 0 radical (unpaired) electrons. The maximum atomic E-state index is 13.3. The molecule has 2 aromatic carbocycles. The van der Waals surface area contributed by atoms with E-state index in [0.29, 0.717) is 67.9 Å². The van der Waals surface area contributed by atoms with Crippen molar-refractivity contribution in [2.24, 2.45) is 18.5 Å². The summed E-state index contributed by atoms with van der Waals surface area (Å²) in [6.07, 6.45) is -0.107. The number of nitrogens with two attached hydrogens (primary N) is 2. The highest BCUT2D eigenvalue weighted by molar-refractivity contribution is 7.18. The molecule has 20 heteroatoms. The summed E-state index contributed by atoms with van der Waals surface area (Å²) < 4.78 is 54.2. The Kier molecular flexibility index (Phi) is 12.4. The van der Waals surface area contributed by atoms with Crippen molar-refractivity contribution in [1.29, 1.82) is 0 Å². The van der Waals surface area contributed by atoms with E-state index in [1.165, 1.54) is 24.5 Å². The highest BCUT2D eigenvalue weighted by Gasteiger charge is 2.42. The van der Waals surface area contributed by atoms with E-state index in [4.69, 9.17) is 44.1 Å². The second kappa shape index (κ2) is 17.2. The molecule has 2 aliphatic rings. The van der Waals surface area contributed by atoms with Crippen LogP contribution in [0.2, 0.25) is 9.36 Å². The van der Waals surface area contributed by atoms with Crippen LogP contribution in [-0.4, -0.2) is 81.5 Å². The summed E-state index contributed by atoms with van der Waals surface area (Å²) >= 11 is 13.6. The minimum atomic E-state index is -2.75. The molecule has 14 nitrogen and oxygen atoms in total. The number of rotatable bonds is 11. The van der Waals surface area contributed by atoms with Gasteiger partial charge in [-0.3, -0.25) is 14.3 Å². The van der Waals surface area contributed by atoms with Gasteiger partial charge in [-0.25, -0.2) is 27.8 Å². The van der Waals surface area contributed by atoms with Crippen molar-refractivity contribution >= 4 is 64.0 Å². The standard InChI is InChI=1S/C18H17Cl2FN4OS.C18H19F2N5O4/c1-25-16(14(19)9-23-25)13-7-15(27-17(13)20)18(26)24-12(8-22)6-10-3-2-4-11(21)5-10;1-9(16(21)26)22-10-2-3-11-13(6-10)28-5-4-24-7-14(23-17(11)24)25-12(15(19)20)8-29-18(25)27/h2-5,7,9,12H,6,8,22H2,1H3,(H,24,26);2-3,6-7,9,12,15,22H,4-5,8H2,1H3,(H2,21,26). The SMILES string of the molecule is CC(Nc1ccc2c(c1)OCCn1cc(N3C(=O)OCC3C(F)F)nc1-2)C(N)=O.Cn1ncc(Cl)c1-c1cc(C(=O)NC(CN)Cc2cccc(F)c2)sc1Cl. The summed E-state index contributed by atoms with van der Waals surface area (Å²) in [7, 11) is 1.75. The number of cyclic esters (lactones) is 1. The predicted molar refractivity (Wildman–Crippen MR) is 206 cm³/mol. The number of carbonyl (C=O) groups is 3. The number of primary amides is 1. The van der Waals surface area contributed by atoms with Crippen LogP contribution in [-0.2, 0) is 29.5 Å². The summed E-state index contributed by atoms with van der Waals surface area (Å²) in [4.78, 5) is 41.6. The Hall–Kier alpha value is -5.30. The first-order chi connectivity index (χ1) is 26.7. The number of aromatic nitrogens is 4. The molecular formula is C36H36Cl2F3N9O5S. The number of carbonyl (C=O) groups excluding carboxylic acids is 3. The van der Waals surface area contributed by atoms with Crippen LogP contribution in [0.15, 0.2) is 60.9 Å². The summed E-state index contributed by atoms with van der Waals surface area (Å²) in [5.41, 5.74) is 14.4. The average molecular weight is 835 g/mol. The van der Waals surface area contributed by atoms with Crippen LogP contribution in [0.1, 0.15) is 22.2 Å². The fourth-order valence-electron chi connectivity index (χ4n) is 6.03. The third-order valence-corrected chi connectivity index (χ3v) is 10.5. The lowest BCUT2D eigenvalue weighted by atomic mass is 10.1. The van der Waals surface area contributed by atoms with Gasteiger partial charge in [-0.05, 0) is 49.2 Å². The van der Waals surface area contributed by atoms with Crippen LogP contribution in [0.5, 0.6) is 5.75 Å². The third kappa shape index (κ3) is 8.88. The monoisotopic (exact) mass is 833 g/mol. The summed E-state index contributed by atoms with van der Waals surface area (Å²) in [6, 6.07) is 10.8. The second-order valence-corrected chi connectivity index (χ2v) is 14.9. The number of imidazole rings is 1. The molecule has 56 heavy (non-hydrogen) atoms. The molecule has 3 unspecified atom stereocenters. The normalized spacial score (nSPS) is 15.8. The smallest absolute Gasteiger partial charge is 0.416 e. The number of aryl methyl sites for hydroxylation is 1. The molecule has 5 aromatic rings. The van der Waals surface area contributed by atoms with Crippen LogP contribution in [0.4, 0.5) is 29.5 Å². The number of fused-ring (bicyclic) bond motifs is 3. The minimum absolute atomic E-state index is 0.102. The van der Waals surface area contributed by atoms with Gasteiger partial charge in [0.15, 0.2) is 5.82 Å². The van der Waals surface area contributed by atoms with E-state index in [1.807, 2.05) is 0 Å². The van der Waals surface area contributed by atoms with E-state index in [9.17, 15) is 27.6 Å². The van der Waals surface area contributed by atoms with Gasteiger partial charge in [0.05, 0.1) is 33.9 Å². The van der Waals surface area contributed by atoms with Gasteiger partial charge in [0.25, 0.3) is 12.3 Å². The average Bonchev–Trinajstić information content (AvgIpc) is 3.91. The van der Waals surface area contributed by atoms with Crippen LogP contribution in [0.25, 0.3) is 22.6 Å². The van der Waals surface area contributed by atoms with Crippen molar-refractivity contribution in [3.63, 3.8) is 0 Å². The number of nitrogens with one attached hydrogen (secondary N) is 2. The lowest BCUT2D eigenvalue weighted by molar-refractivity contribution is -0.118. The lowest BCUT2D eigenvalue weighted by Crippen LogP contribution is -2.41. The molecule has 0 bridgehead atoms. The number of hydrogen-bond donors (Lipinski definition) is 4. The number of nitrogens with zero attached hydrogens (tertiary/aromatic N) is 5. The number of amides is 3. The van der Waals surface area contributed by atoms with Gasteiger partial charge < -0.3 is 36.1 Å². The summed E-state index contributed by atoms with van der Waals surface area (Å²) in [6.45, 7) is 2.21. The largest absolute Gasteiger partial charge is 0.491 e. The molecule has 0 aliphatic carbocycles. The first-order valence-electron chi connectivity index (χ1n) is 17.1. The number of ether oxygens (including phenoxy) is 2. The van der Waals surface area contributed by atoms with Gasteiger partial charge in [-0.15, -0.1) is 11.3 Å². The molecule has 6 N–H and O–H groups in total. The summed E-state index contributed by atoms with van der Waals surface area (Å²) in [5.74, 6) is -0.0142. The van der Waals surface area contributed by atoms with Crippen LogP contribution < -0.4 is 31.7 Å². The van der Waals surface area contributed by atoms with Crippen LogP contribution in [0.3, 0.4) is 0 Å². The molecule has 1 fully saturated rings. The zero-order valence-corrected chi connectivity index (χ0v) is 32.2. The van der Waals surface area contributed by atoms with Crippen molar-refractivity contribution < 1.29 is 37.0 Å². The van der Waals surface area contributed by atoms with Gasteiger partial charge in [0.2, 0.25) is 5.91 Å². The topological polar surface area (TPSA) is 185 Å². The maximum Gasteiger partial charge on any atom is 0.416 e. The van der Waals surface area contributed by atoms with Gasteiger partial charge >= 0.3 is 6.09 Å². The van der Waals surface area contributed by atoms with Crippen molar-refractivity contribution in [2.75, 3.05) is 30.0 Å². The zero-order valence-electron chi connectivity index (χ0n) is 29.8. The highest BCUT2D eigenvalue weighted by Crippen LogP contribution is 2.39. The first-order valence-corrected chi connectivity index (χ1v) is 18.7. The molecule has 5 heterocycles. The number of alkyl halides is 2. The fourth-order valence-corrected chi connectivity index (χ4v) is 7.48.